The molecular formula is C23H27NO5. The van der Waals surface area contributed by atoms with Crippen molar-refractivity contribution in [1.82, 2.24) is 0 Å². The lowest BCUT2D eigenvalue weighted by molar-refractivity contribution is -0.133. The van der Waals surface area contributed by atoms with Gasteiger partial charge in [-0.05, 0) is 53.8 Å². The summed E-state index contributed by atoms with van der Waals surface area (Å²) in [6, 6.07) is 13.3. The lowest BCUT2D eigenvalue weighted by Gasteiger charge is -2.14. The first-order valence-electron chi connectivity index (χ1n) is 9.39. The monoisotopic (exact) mass is 397 g/mol. The van der Waals surface area contributed by atoms with Gasteiger partial charge in [0.15, 0.2) is 0 Å². The van der Waals surface area contributed by atoms with Crippen molar-refractivity contribution in [2.24, 2.45) is 5.16 Å². The molecule has 0 aliphatic carbocycles. The van der Waals surface area contributed by atoms with Gasteiger partial charge in [-0.3, -0.25) is 0 Å². The van der Waals surface area contributed by atoms with Crippen molar-refractivity contribution in [1.29, 1.82) is 0 Å². The second-order valence-electron chi connectivity index (χ2n) is 6.30. The number of hydrogen-bond donors (Lipinski definition) is 0. The topological polar surface area (TPSA) is 66.3 Å². The van der Waals surface area contributed by atoms with E-state index in [9.17, 15) is 4.79 Å². The standard InChI is InChI=1S/C23H27NO5/c1-5-12-29-24-14-18-10-11-22(17(2)13-18)28-15-19-8-6-7-9-20(19)21(16-26-3)23(25)27-4/h6-11,13-14,16H,5,12,15H2,1-4H3/b21-16+,24-14+. The molecule has 0 aromatic heterocycles. The summed E-state index contributed by atoms with van der Waals surface area (Å²) >= 11 is 0. The Hall–Kier alpha value is -3.28. The fourth-order valence-electron chi connectivity index (χ4n) is 2.67. The molecule has 2 aromatic rings. The average Bonchev–Trinajstić information content (AvgIpc) is 2.74. The summed E-state index contributed by atoms with van der Waals surface area (Å²) in [5.74, 6) is 0.284. The van der Waals surface area contributed by atoms with Crippen molar-refractivity contribution in [2.75, 3.05) is 20.8 Å². The number of benzene rings is 2. The highest BCUT2D eigenvalue weighted by Crippen LogP contribution is 2.24. The van der Waals surface area contributed by atoms with Crippen molar-refractivity contribution in [3.05, 3.63) is 71.0 Å². The van der Waals surface area contributed by atoms with E-state index in [1.165, 1.54) is 20.5 Å². The quantitative estimate of drug-likeness (QED) is 0.148. The summed E-state index contributed by atoms with van der Waals surface area (Å²) < 4.78 is 15.9. The largest absolute Gasteiger partial charge is 0.503 e. The van der Waals surface area contributed by atoms with Crippen LogP contribution in [0.2, 0.25) is 0 Å². The molecule has 0 aliphatic rings. The normalized spacial score (nSPS) is 11.4. The van der Waals surface area contributed by atoms with E-state index in [1.807, 2.05) is 56.3 Å². The number of methoxy groups -OCH3 is 2. The first-order chi connectivity index (χ1) is 14.1. The maximum atomic E-state index is 12.1. The Morgan fingerprint density at radius 1 is 1.14 bits per heavy atom. The Balaban J connectivity index is 2.15. The Bertz CT molecular complexity index is 873. The van der Waals surface area contributed by atoms with Crippen LogP contribution in [0.25, 0.3) is 5.57 Å². The van der Waals surface area contributed by atoms with Gasteiger partial charge in [0.1, 0.15) is 24.5 Å². The van der Waals surface area contributed by atoms with Gasteiger partial charge in [0.05, 0.1) is 26.7 Å². The number of carbonyl (C=O) groups excluding carboxylic acids is 1. The molecule has 0 unspecified atom stereocenters. The molecule has 0 atom stereocenters. The maximum absolute atomic E-state index is 12.1. The molecule has 2 aromatic carbocycles. The Kier molecular flexibility index (Phi) is 8.76. The number of rotatable bonds is 10. The number of carbonyl (C=O) groups is 1. The van der Waals surface area contributed by atoms with Gasteiger partial charge < -0.3 is 19.0 Å². The zero-order valence-electron chi connectivity index (χ0n) is 17.3. The predicted molar refractivity (Wildman–Crippen MR) is 113 cm³/mol. The van der Waals surface area contributed by atoms with E-state index in [2.05, 4.69) is 5.16 Å². The zero-order valence-corrected chi connectivity index (χ0v) is 17.3. The number of hydrogen-bond acceptors (Lipinski definition) is 6. The van der Waals surface area contributed by atoms with Crippen LogP contribution in [0.5, 0.6) is 5.75 Å². The molecule has 6 nitrogen and oxygen atoms in total. The van der Waals surface area contributed by atoms with Crippen molar-refractivity contribution in [2.45, 2.75) is 26.9 Å². The number of ether oxygens (including phenoxy) is 3. The third kappa shape index (κ3) is 6.38. The minimum Gasteiger partial charge on any atom is -0.503 e. The van der Waals surface area contributed by atoms with Crippen LogP contribution >= 0.6 is 0 Å². The Labute approximate surface area is 171 Å². The van der Waals surface area contributed by atoms with Gasteiger partial charge in [-0.1, -0.05) is 36.3 Å². The average molecular weight is 397 g/mol. The van der Waals surface area contributed by atoms with Crippen LogP contribution in [-0.2, 0) is 25.7 Å². The van der Waals surface area contributed by atoms with Gasteiger partial charge in [0.2, 0.25) is 0 Å². The fourth-order valence-corrected chi connectivity index (χ4v) is 2.67. The zero-order chi connectivity index (χ0) is 21.1. The summed E-state index contributed by atoms with van der Waals surface area (Å²) in [5.41, 5.74) is 3.80. The molecule has 0 N–H and O–H groups in total. The SMILES string of the molecule is CCCO/N=C/c1ccc(OCc2ccccc2/C(=C\OC)C(=O)OC)c(C)c1. The van der Waals surface area contributed by atoms with Crippen LogP contribution in [0.4, 0.5) is 0 Å². The van der Waals surface area contributed by atoms with Crippen molar-refractivity contribution in [3.8, 4) is 5.75 Å². The van der Waals surface area contributed by atoms with Gasteiger partial charge in [-0.25, -0.2) is 4.79 Å². The number of oxime groups is 1. The summed E-state index contributed by atoms with van der Waals surface area (Å²) in [5, 5.41) is 3.94. The molecule has 154 valence electrons. The van der Waals surface area contributed by atoms with Crippen LogP contribution in [0.1, 0.15) is 35.6 Å². The number of esters is 1. The summed E-state index contributed by atoms with van der Waals surface area (Å²) in [4.78, 5) is 17.2. The highest BCUT2D eigenvalue weighted by molar-refractivity contribution is 6.16. The van der Waals surface area contributed by atoms with Gasteiger partial charge in [0, 0.05) is 0 Å². The molecule has 0 saturated carbocycles. The minimum atomic E-state index is -0.468. The Morgan fingerprint density at radius 2 is 1.93 bits per heavy atom. The van der Waals surface area contributed by atoms with Crippen LogP contribution in [0, 0.1) is 6.92 Å². The van der Waals surface area contributed by atoms with E-state index in [0.29, 0.717) is 24.4 Å². The highest BCUT2D eigenvalue weighted by atomic mass is 16.6. The summed E-state index contributed by atoms with van der Waals surface area (Å²) in [7, 11) is 2.83. The van der Waals surface area contributed by atoms with Crippen molar-refractivity contribution < 1.29 is 23.8 Å². The number of aryl methyl sites for hydroxylation is 1. The molecule has 29 heavy (non-hydrogen) atoms. The molecule has 0 radical (unpaired) electrons. The minimum absolute atomic E-state index is 0.294. The molecule has 0 fully saturated rings. The lowest BCUT2D eigenvalue weighted by atomic mass is 10.0. The Morgan fingerprint density at radius 3 is 2.62 bits per heavy atom. The van der Waals surface area contributed by atoms with Crippen LogP contribution in [0.3, 0.4) is 0 Å². The third-order valence-electron chi connectivity index (χ3n) is 4.10. The molecule has 6 heteroatoms. The fraction of sp³-hybridized carbons (Fsp3) is 0.304. The molecular weight excluding hydrogens is 370 g/mol. The van der Waals surface area contributed by atoms with Gasteiger partial charge >= 0.3 is 5.97 Å². The summed E-state index contributed by atoms with van der Waals surface area (Å²) in [6.07, 6.45) is 3.98. The second-order valence-corrected chi connectivity index (χ2v) is 6.30. The molecule has 0 bridgehead atoms. The predicted octanol–water partition coefficient (Wildman–Crippen LogP) is 4.49. The maximum Gasteiger partial charge on any atom is 0.341 e. The summed E-state index contributed by atoms with van der Waals surface area (Å²) in [6.45, 7) is 4.89. The van der Waals surface area contributed by atoms with E-state index < -0.39 is 5.97 Å². The second kappa shape index (κ2) is 11.5. The first kappa shape index (κ1) is 22.0. The van der Waals surface area contributed by atoms with E-state index in [1.54, 1.807) is 6.21 Å². The molecule has 2 rings (SSSR count). The molecule has 0 heterocycles. The molecule has 0 spiro atoms. The van der Waals surface area contributed by atoms with E-state index in [4.69, 9.17) is 19.0 Å². The first-order valence-corrected chi connectivity index (χ1v) is 9.39. The highest BCUT2D eigenvalue weighted by Gasteiger charge is 2.17. The van der Waals surface area contributed by atoms with Gasteiger partial charge in [0.25, 0.3) is 0 Å². The van der Waals surface area contributed by atoms with Crippen LogP contribution in [0.15, 0.2) is 53.9 Å². The van der Waals surface area contributed by atoms with Gasteiger partial charge in [-0.15, -0.1) is 0 Å². The van der Waals surface area contributed by atoms with E-state index in [0.717, 1.165) is 28.9 Å². The number of nitrogens with zero attached hydrogens (tertiary/aromatic N) is 1. The van der Waals surface area contributed by atoms with Gasteiger partial charge in [-0.2, -0.15) is 0 Å². The van der Waals surface area contributed by atoms with Crippen molar-refractivity contribution in [3.63, 3.8) is 0 Å². The molecule has 0 amide bonds. The van der Waals surface area contributed by atoms with Crippen LogP contribution in [-0.4, -0.2) is 33.0 Å². The third-order valence-corrected chi connectivity index (χ3v) is 4.10. The lowest BCUT2D eigenvalue weighted by Crippen LogP contribution is -2.08. The van der Waals surface area contributed by atoms with Crippen LogP contribution < -0.4 is 4.74 Å². The molecule has 0 aliphatic heterocycles. The van der Waals surface area contributed by atoms with E-state index >= 15 is 0 Å². The smallest absolute Gasteiger partial charge is 0.341 e. The van der Waals surface area contributed by atoms with E-state index in [-0.39, 0.29) is 0 Å². The molecule has 0 saturated heterocycles. The van der Waals surface area contributed by atoms with Crippen molar-refractivity contribution >= 4 is 17.8 Å².